The van der Waals surface area contributed by atoms with Gasteiger partial charge in [0.25, 0.3) is 11.8 Å². The monoisotopic (exact) mass is 366 g/mol. The first kappa shape index (κ1) is 18.6. The lowest BCUT2D eigenvalue weighted by molar-refractivity contribution is 0.0682. The van der Waals surface area contributed by atoms with Gasteiger partial charge in [-0.05, 0) is 55.7 Å². The van der Waals surface area contributed by atoms with E-state index in [1.54, 1.807) is 4.90 Å². The zero-order chi connectivity index (χ0) is 19.4. The highest BCUT2D eigenvalue weighted by Gasteiger charge is 2.25. The zero-order valence-electron chi connectivity index (χ0n) is 15.1. The number of hydrogen-bond acceptors (Lipinski definition) is 3. The topological polar surface area (TPSA) is 86.7 Å². The van der Waals surface area contributed by atoms with E-state index in [4.69, 9.17) is 5.11 Å². The highest BCUT2D eigenvalue weighted by molar-refractivity contribution is 5.96. The Hall–Kier alpha value is -3.15. The van der Waals surface area contributed by atoms with Gasteiger partial charge in [-0.3, -0.25) is 9.59 Å². The number of likely N-dealkylation sites (tertiary alicyclic amines) is 1. The summed E-state index contributed by atoms with van der Waals surface area (Å²) >= 11 is 0. The van der Waals surface area contributed by atoms with Gasteiger partial charge in [-0.15, -0.1) is 0 Å². The van der Waals surface area contributed by atoms with Crippen LogP contribution in [0.15, 0.2) is 48.5 Å². The molecule has 0 aliphatic carbocycles. The summed E-state index contributed by atoms with van der Waals surface area (Å²) in [6.07, 6.45) is 1.38. The predicted octanol–water partition coefficient (Wildman–Crippen LogP) is 2.73. The average Bonchev–Trinajstić information content (AvgIpc) is 2.68. The molecule has 1 heterocycles. The maximum Gasteiger partial charge on any atom is 0.335 e. The number of amides is 2. The van der Waals surface area contributed by atoms with Gasteiger partial charge in [0.05, 0.1) is 5.56 Å². The molecule has 0 saturated carbocycles. The molecule has 6 nitrogen and oxygen atoms in total. The number of carbonyl (C=O) groups excluding carboxylic acids is 2. The minimum atomic E-state index is -1.01. The molecule has 0 radical (unpaired) electrons. The van der Waals surface area contributed by atoms with Gasteiger partial charge in [0, 0.05) is 30.3 Å². The van der Waals surface area contributed by atoms with Gasteiger partial charge in [-0.25, -0.2) is 4.79 Å². The fourth-order valence-electron chi connectivity index (χ4n) is 3.26. The Labute approximate surface area is 157 Å². The van der Waals surface area contributed by atoms with E-state index >= 15 is 0 Å². The van der Waals surface area contributed by atoms with Crippen molar-refractivity contribution in [3.8, 4) is 0 Å². The minimum absolute atomic E-state index is 0.0375. The van der Waals surface area contributed by atoms with E-state index in [9.17, 15) is 14.4 Å². The van der Waals surface area contributed by atoms with E-state index in [1.807, 2.05) is 31.2 Å². The first-order chi connectivity index (χ1) is 13.0. The van der Waals surface area contributed by atoms with Crippen molar-refractivity contribution >= 4 is 17.8 Å². The number of nitrogens with one attached hydrogen (secondary N) is 1. The van der Waals surface area contributed by atoms with Crippen LogP contribution in [0.4, 0.5) is 0 Å². The molecule has 0 unspecified atom stereocenters. The maximum absolute atomic E-state index is 12.6. The second kappa shape index (κ2) is 8.03. The Balaban J connectivity index is 1.55. The van der Waals surface area contributed by atoms with Crippen LogP contribution in [-0.2, 0) is 0 Å². The van der Waals surface area contributed by atoms with Crippen molar-refractivity contribution in [3.63, 3.8) is 0 Å². The summed E-state index contributed by atoms with van der Waals surface area (Å²) in [6.45, 7) is 3.02. The Bertz CT molecular complexity index is 853. The van der Waals surface area contributed by atoms with Gasteiger partial charge in [0.2, 0.25) is 0 Å². The number of carbonyl (C=O) groups is 3. The van der Waals surface area contributed by atoms with Gasteiger partial charge in [0.15, 0.2) is 0 Å². The normalized spacial score (nSPS) is 14.6. The first-order valence-corrected chi connectivity index (χ1v) is 8.95. The zero-order valence-corrected chi connectivity index (χ0v) is 15.1. The summed E-state index contributed by atoms with van der Waals surface area (Å²) < 4.78 is 0. The summed E-state index contributed by atoms with van der Waals surface area (Å²) in [5, 5.41) is 12.0. The SMILES string of the molecule is Cc1ccccc1C(=O)NC1CCN(C(=O)c2ccc(C(=O)O)cc2)CC1. The number of carboxylic acids is 1. The third-order valence-corrected chi connectivity index (χ3v) is 4.89. The van der Waals surface area contributed by atoms with Crippen LogP contribution in [-0.4, -0.2) is 46.9 Å². The molecule has 1 aliphatic heterocycles. The molecular formula is C21H22N2O4. The van der Waals surface area contributed by atoms with Crippen LogP contribution in [0.5, 0.6) is 0 Å². The van der Waals surface area contributed by atoms with E-state index < -0.39 is 5.97 Å². The number of carboxylic acid groups (broad SMARTS) is 1. The molecular weight excluding hydrogens is 344 g/mol. The van der Waals surface area contributed by atoms with E-state index in [1.165, 1.54) is 24.3 Å². The van der Waals surface area contributed by atoms with Crippen LogP contribution in [0.1, 0.15) is 49.5 Å². The fraction of sp³-hybridized carbons (Fsp3) is 0.286. The van der Waals surface area contributed by atoms with E-state index in [0.717, 1.165) is 5.56 Å². The van der Waals surface area contributed by atoms with Crippen LogP contribution >= 0.6 is 0 Å². The van der Waals surface area contributed by atoms with Crippen molar-refractivity contribution in [1.82, 2.24) is 10.2 Å². The molecule has 0 bridgehead atoms. The Kier molecular flexibility index (Phi) is 5.54. The summed E-state index contributed by atoms with van der Waals surface area (Å²) in [5.41, 5.74) is 2.24. The lowest BCUT2D eigenvalue weighted by atomic mass is 10.0. The predicted molar refractivity (Wildman–Crippen MR) is 101 cm³/mol. The summed E-state index contributed by atoms with van der Waals surface area (Å²) in [4.78, 5) is 37.6. The maximum atomic E-state index is 12.6. The van der Waals surface area contributed by atoms with Crippen molar-refractivity contribution in [2.24, 2.45) is 0 Å². The third-order valence-electron chi connectivity index (χ3n) is 4.89. The molecule has 3 rings (SSSR count). The second-order valence-corrected chi connectivity index (χ2v) is 6.74. The smallest absolute Gasteiger partial charge is 0.335 e. The largest absolute Gasteiger partial charge is 0.478 e. The lowest BCUT2D eigenvalue weighted by Crippen LogP contribution is -2.46. The van der Waals surface area contributed by atoms with Gasteiger partial charge in [-0.2, -0.15) is 0 Å². The number of nitrogens with zero attached hydrogens (tertiary/aromatic N) is 1. The number of benzene rings is 2. The van der Waals surface area contributed by atoms with E-state index in [-0.39, 0.29) is 23.4 Å². The van der Waals surface area contributed by atoms with Crippen molar-refractivity contribution in [2.45, 2.75) is 25.8 Å². The van der Waals surface area contributed by atoms with Gasteiger partial charge >= 0.3 is 5.97 Å². The molecule has 1 saturated heterocycles. The summed E-state index contributed by atoms with van der Waals surface area (Å²) in [5.74, 6) is -1.21. The van der Waals surface area contributed by atoms with Crippen LogP contribution in [0.3, 0.4) is 0 Å². The lowest BCUT2D eigenvalue weighted by Gasteiger charge is -2.32. The van der Waals surface area contributed by atoms with Crippen molar-refractivity contribution in [3.05, 3.63) is 70.8 Å². The average molecular weight is 366 g/mol. The van der Waals surface area contributed by atoms with Crippen molar-refractivity contribution < 1.29 is 19.5 Å². The standard InChI is InChI=1S/C21H22N2O4/c1-14-4-2-3-5-18(14)19(24)22-17-10-12-23(13-11-17)20(25)15-6-8-16(9-7-15)21(26)27/h2-9,17H,10-13H2,1H3,(H,22,24)(H,26,27). The molecule has 2 aromatic carbocycles. The summed E-state index contributed by atoms with van der Waals surface area (Å²) in [7, 11) is 0. The fourth-order valence-corrected chi connectivity index (χ4v) is 3.26. The number of hydrogen-bond donors (Lipinski definition) is 2. The van der Waals surface area contributed by atoms with E-state index in [0.29, 0.717) is 37.1 Å². The van der Waals surface area contributed by atoms with Gasteiger partial charge < -0.3 is 15.3 Å². The Morgan fingerprint density at radius 3 is 2.15 bits per heavy atom. The number of aromatic carboxylic acids is 1. The summed E-state index contributed by atoms with van der Waals surface area (Å²) in [6, 6.07) is 13.5. The van der Waals surface area contributed by atoms with Gasteiger partial charge in [-0.1, -0.05) is 18.2 Å². The van der Waals surface area contributed by atoms with Gasteiger partial charge in [0.1, 0.15) is 0 Å². The molecule has 2 amide bonds. The highest BCUT2D eigenvalue weighted by atomic mass is 16.4. The molecule has 2 N–H and O–H groups in total. The number of piperidine rings is 1. The molecule has 1 aliphatic rings. The molecule has 0 spiro atoms. The van der Waals surface area contributed by atoms with Crippen molar-refractivity contribution in [2.75, 3.05) is 13.1 Å². The molecule has 0 aromatic heterocycles. The molecule has 2 aromatic rings. The van der Waals surface area contributed by atoms with Crippen LogP contribution in [0.25, 0.3) is 0 Å². The molecule has 27 heavy (non-hydrogen) atoms. The van der Waals surface area contributed by atoms with Crippen molar-refractivity contribution in [1.29, 1.82) is 0 Å². The van der Waals surface area contributed by atoms with Crippen LogP contribution in [0, 0.1) is 6.92 Å². The van der Waals surface area contributed by atoms with Crippen LogP contribution in [0.2, 0.25) is 0 Å². The molecule has 140 valence electrons. The minimum Gasteiger partial charge on any atom is -0.478 e. The van der Waals surface area contributed by atoms with Crippen LogP contribution < -0.4 is 5.32 Å². The second-order valence-electron chi connectivity index (χ2n) is 6.74. The molecule has 0 atom stereocenters. The highest BCUT2D eigenvalue weighted by Crippen LogP contribution is 2.16. The van der Waals surface area contributed by atoms with E-state index in [2.05, 4.69) is 5.32 Å². The molecule has 1 fully saturated rings. The Morgan fingerprint density at radius 1 is 0.963 bits per heavy atom. The first-order valence-electron chi connectivity index (χ1n) is 8.95. The Morgan fingerprint density at radius 2 is 1.56 bits per heavy atom. The number of rotatable bonds is 4. The quantitative estimate of drug-likeness (QED) is 0.871. The molecule has 6 heteroatoms. The third kappa shape index (κ3) is 4.34. The number of aryl methyl sites for hydroxylation is 1.